The summed E-state index contributed by atoms with van der Waals surface area (Å²) in [6.07, 6.45) is 2.66. The number of furan rings is 1. The molecule has 4 aromatic rings. The first-order chi connectivity index (χ1) is 15.5. The second kappa shape index (κ2) is 9.70. The number of carbonyl (C=O) groups excluding carboxylic acids is 1. The fraction of sp³-hybridized carbons (Fsp3) is 0.167. The molecule has 6 nitrogen and oxygen atoms in total. The highest BCUT2D eigenvalue weighted by molar-refractivity contribution is 6.31. The highest BCUT2D eigenvalue weighted by atomic mass is 35.5. The van der Waals surface area contributed by atoms with Crippen molar-refractivity contribution in [2.45, 2.75) is 26.5 Å². The lowest BCUT2D eigenvalue weighted by atomic mass is 10.2. The molecule has 0 spiro atoms. The zero-order valence-electron chi connectivity index (χ0n) is 17.3. The van der Waals surface area contributed by atoms with Crippen LogP contribution in [-0.4, -0.2) is 15.7 Å². The number of amides is 1. The molecule has 0 aliphatic carbocycles. The van der Waals surface area contributed by atoms with Gasteiger partial charge in [0.2, 0.25) is 0 Å². The van der Waals surface area contributed by atoms with Crippen molar-refractivity contribution < 1.29 is 18.3 Å². The molecule has 0 saturated heterocycles. The average molecular weight is 454 g/mol. The van der Waals surface area contributed by atoms with E-state index >= 15 is 0 Å². The second-order valence-electron chi connectivity index (χ2n) is 7.14. The lowest BCUT2D eigenvalue weighted by molar-refractivity contribution is 0.0992. The largest absolute Gasteiger partial charge is 0.486 e. The summed E-state index contributed by atoms with van der Waals surface area (Å²) in [4.78, 5) is 12.5. The summed E-state index contributed by atoms with van der Waals surface area (Å²) in [5.41, 5.74) is 1.95. The number of halogens is 2. The van der Waals surface area contributed by atoms with E-state index in [1.807, 2.05) is 24.3 Å². The number of aryl methyl sites for hydroxylation is 1. The van der Waals surface area contributed by atoms with Gasteiger partial charge in [0.15, 0.2) is 11.6 Å². The van der Waals surface area contributed by atoms with Crippen LogP contribution in [0.1, 0.15) is 34.4 Å². The Balaban J connectivity index is 1.33. The summed E-state index contributed by atoms with van der Waals surface area (Å²) < 4.78 is 26.1. The van der Waals surface area contributed by atoms with Gasteiger partial charge in [-0.3, -0.25) is 9.48 Å². The Bertz CT molecular complexity index is 1220. The molecule has 0 radical (unpaired) electrons. The van der Waals surface area contributed by atoms with E-state index in [0.29, 0.717) is 28.7 Å². The van der Waals surface area contributed by atoms with Gasteiger partial charge in [-0.1, -0.05) is 36.7 Å². The maximum absolute atomic E-state index is 13.2. The Kier molecular flexibility index (Phi) is 6.56. The highest BCUT2D eigenvalue weighted by Crippen LogP contribution is 2.19. The lowest BCUT2D eigenvalue weighted by Crippen LogP contribution is -2.12. The number of benzene rings is 2. The smallest absolute Gasteiger partial charge is 0.292 e. The van der Waals surface area contributed by atoms with Gasteiger partial charge in [-0.05, 0) is 53.9 Å². The van der Waals surface area contributed by atoms with E-state index in [-0.39, 0.29) is 12.4 Å². The summed E-state index contributed by atoms with van der Waals surface area (Å²) in [5, 5.41) is 7.30. The molecule has 164 valence electrons. The van der Waals surface area contributed by atoms with Crippen molar-refractivity contribution >= 4 is 23.3 Å². The number of nitrogens with one attached hydrogen (secondary N) is 1. The second-order valence-corrected chi connectivity index (χ2v) is 7.55. The monoisotopic (exact) mass is 453 g/mol. The minimum atomic E-state index is -0.423. The lowest BCUT2D eigenvalue weighted by Gasteiger charge is -2.05. The van der Waals surface area contributed by atoms with E-state index in [2.05, 4.69) is 17.3 Å². The van der Waals surface area contributed by atoms with E-state index < -0.39 is 11.7 Å². The summed E-state index contributed by atoms with van der Waals surface area (Å²) in [5.74, 6) is 0.959. The van der Waals surface area contributed by atoms with E-state index in [0.717, 1.165) is 12.2 Å². The van der Waals surface area contributed by atoms with E-state index in [9.17, 15) is 9.18 Å². The Labute approximate surface area is 189 Å². The summed E-state index contributed by atoms with van der Waals surface area (Å²) in [7, 11) is 0. The average Bonchev–Trinajstić information content (AvgIpc) is 3.44. The zero-order valence-corrected chi connectivity index (χ0v) is 18.1. The molecule has 0 saturated carbocycles. The first-order valence-corrected chi connectivity index (χ1v) is 10.5. The molecule has 2 aromatic heterocycles. The van der Waals surface area contributed by atoms with Crippen LogP contribution >= 0.6 is 11.6 Å². The molecule has 2 aromatic carbocycles. The molecule has 4 rings (SSSR count). The number of carbonyl (C=O) groups is 1. The third-order valence-corrected chi connectivity index (χ3v) is 5.18. The minimum Gasteiger partial charge on any atom is -0.486 e. The Hall–Kier alpha value is -3.58. The number of ether oxygens (including phenoxy) is 1. The number of aromatic nitrogens is 2. The van der Waals surface area contributed by atoms with Gasteiger partial charge in [-0.25, -0.2) is 4.39 Å². The van der Waals surface area contributed by atoms with E-state index in [1.54, 1.807) is 35.1 Å². The van der Waals surface area contributed by atoms with Gasteiger partial charge in [0.25, 0.3) is 5.91 Å². The number of anilines is 1. The van der Waals surface area contributed by atoms with Crippen molar-refractivity contribution in [2.24, 2.45) is 0 Å². The van der Waals surface area contributed by atoms with Crippen molar-refractivity contribution in [3.05, 3.63) is 100 Å². The molecular weight excluding hydrogens is 433 g/mol. The number of nitrogens with zero attached hydrogens (tertiary/aromatic N) is 2. The molecule has 0 fully saturated rings. The standard InChI is InChI=1S/C24H21ClFN3O3/c1-2-16-3-7-19(8-4-16)31-15-20-9-10-22(32-20)24(30)27-23-11-12-29(28-23)14-17-5-6-18(26)13-21(17)25/h3-13H,2,14-15H2,1H3,(H,27,28,30). The van der Waals surface area contributed by atoms with Crippen LogP contribution in [0.4, 0.5) is 10.2 Å². The van der Waals surface area contributed by atoms with Gasteiger partial charge < -0.3 is 14.5 Å². The summed E-state index contributed by atoms with van der Waals surface area (Å²) >= 11 is 6.06. The van der Waals surface area contributed by atoms with Crippen molar-refractivity contribution in [1.82, 2.24) is 9.78 Å². The third kappa shape index (κ3) is 5.36. The number of rotatable bonds is 8. The SMILES string of the molecule is CCc1ccc(OCc2ccc(C(=O)Nc3ccn(Cc4ccc(F)cc4Cl)n3)o2)cc1. The first-order valence-electron chi connectivity index (χ1n) is 10.1. The molecule has 0 unspecified atom stereocenters. The summed E-state index contributed by atoms with van der Waals surface area (Å²) in [6.45, 7) is 2.65. The predicted molar refractivity (Wildman–Crippen MR) is 120 cm³/mol. The van der Waals surface area contributed by atoms with Crippen molar-refractivity contribution in [3.8, 4) is 5.75 Å². The van der Waals surface area contributed by atoms with Gasteiger partial charge in [0.05, 0.1) is 6.54 Å². The Morgan fingerprint density at radius 2 is 1.97 bits per heavy atom. The van der Waals surface area contributed by atoms with Crippen LogP contribution in [0.5, 0.6) is 5.75 Å². The highest BCUT2D eigenvalue weighted by Gasteiger charge is 2.14. The van der Waals surface area contributed by atoms with Crippen molar-refractivity contribution in [2.75, 3.05) is 5.32 Å². The van der Waals surface area contributed by atoms with Crippen molar-refractivity contribution in [3.63, 3.8) is 0 Å². The van der Waals surface area contributed by atoms with Crippen LogP contribution in [0.3, 0.4) is 0 Å². The Morgan fingerprint density at radius 3 is 2.72 bits per heavy atom. The molecule has 0 bridgehead atoms. The van der Waals surface area contributed by atoms with Crippen LogP contribution in [0.2, 0.25) is 5.02 Å². The quantitative estimate of drug-likeness (QED) is 0.371. The van der Waals surface area contributed by atoms with E-state index in [1.165, 1.54) is 17.7 Å². The molecule has 1 amide bonds. The Morgan fingerprint density at radius 1 is 1.16 bits per heavy atom. The fourth-order valence-electron chi connectivity index (χ4n) is 3.07. The third-order valence-electron chi connectivity index (χ3n) is 4.83. The molecular formula is C24H21ClFN3O3. The van der Waals surface area contributed by atoms with Crippen LogP contribution < -0.4 is 10.1 Å². The molecule has 0 aliphatic rings. The van der Waals surface area contributed by atoms with Gasteiger partial charge in [-0.15, -0.1) is 0 Å². The van der Waals surface area contributed by atoms with Gasteiger partial charge in [0, 0.05) is 17.3 Å². The maximum Gasteiger partial charge on any atom is 0.292 e. The number of hydrogen-bond donors (Lipinski definition) is 1. The molecule has 0 aliphatic heterocycles. The van der Waals surface area contributed by atoms with Crippen LogP contribution in [0, 0.1) is 5.82 Å². The van der Waals surface area contributed by atoms with Gasteiger partial charge in [0.1, 0.15) is 23.9 Å². The van der Waals surface area contributed by atoms with Crippen LogP contribution in [-0.2, 0) is 19.6 Å². The zero-order chi connectivity index (χ0) is 22.5. The minimum absolute atomic E-state index is 0.154. The van der Waals surface area contributed by atoms with Crippen LogP contribution in [0.15, 0.2) is 71.3 Å². The molecule has 1 N–H and O–H groups in total. The first kappa shape index (κ1) is 21.6. The van der Waals surface area contributed by atoms with Crippen molar-refractivity contribution in [1.29, 1.82) is 0 Å². The fourth-order valence-corrected chi connectivity index (χ4v) is 3.30. The molecule has 0 atom stereocenters. The summed E-state index contributed by atoms with van der Waals surface area (Å²) in [6, 6.07) is 17.0. The van der Waals surface area contributed by atoms with Gasteiger partial charge >= 0.3 is 0 Å². The molecule has 32 heavy (non-hydrogen) atoms. The number of hydrogen-bond acceptors (Lipinski definition) is 4. The topological polar surface area (TPSA) is 69.3 Å². The molecule has 8 heteroatoms. The maximum atomic E-state index is 13.2. The predicted octanol–water partition coefficient (Wildman–Crippen LogP) is 5.71. The normalized spacial score (nSPS) is 10.8. The van der Waals surface area contributed by atoms with Gasteiger partial charge in [-0.2, -0.15) is 5.10 Å². The van der Waals surface area contributed by atoms with Crippen LogP contribution in [0.25, 0.3) is 0 Å². The molecule has 2 heterocycles. The van der Waals surface area contributed by atoms with E-state index in [4.69, 9.17) is 20.8 Å².